The number of hydrogen-bond acceptors (Lipinski definition) is 4. The fourth-order valence-corrected chi connectivity index (χ4v) is 1.50. The van der Waals surface area contributed by atoms with Crippen LogP contribution in [-0.4, -0.2) is 25.6 Å². The molecule has 0 aliphatic heterocycles. The molecule has 1 fully saturated rings. The highest BCUT2D eigenvalue weighted by atomic mass is 15.1. The SMILES string of the molecule is c1cn(-c2cnc(CNC3CC3)cn2)cn1. The largest absolute Gasteiger partial charge is 0.308 e. The molecule has 5 nitrogen and oxygen atoms in total. The van der Waals surface area contributed by atoms with Crippen molar-refractivity contribution in [3.8, 4) is 5.82 Å². The number of rotatable bonds is 4. The minimum Gasteiger partial charge on any atom is -0.308 e. The van der Waals surface area contributed by atoms with Crippen molar-refractivity contribution in [1.29, 1.82) is 0 Å². The van der Waals surface area contributed by atoms with Gasteiger partial charge in [-0.15, -0.1) is 0 Å². The van der Waals surface area contributed by atoms with E-state index in [9.17, 15) is 0 Å². The first-order valence-corrected chi connectivity index (χ1v) is 5.44. The maximum atomic E-state index is 4.36. The van der Waals surface area contributed by atoms with Crippen molar-refractivity contribution in [2.45, 2.75) is 25.4 Å². The average Bonchev–Trinajstić information content (AvgIpc) is 3.00. The third-order valence-electron chi connectivity index (χ3n) is 2.61. The summed E-state index contributed by atoms with van der Waals surface area (Å²) in [5.74, 6) is 0.799. The topological polar surface area (TPSA) is 55.6 Å². The normalized spacial score (nSPS) is 15.2. The Morgan fingerprint density at radius 3 is 2.88 bits per heavy atom. The van der Waals surface area contributed by atoms with E-state index in [1.807, 2.05) is 17.0 Å². The molecule has 0 unspecified atom stereocenters. The Balaban J connectivity index is 1.69. The smallest absolute Gasteiger partial charge is 0.156 e. The lowest BCUT2D eigenvalue weighted by Crippen LogP contribution is -2.16. The molecule has 3 rings (SSSR count). The molecule has 16 heavy (non-hydrogen) atoms. The van der Waals surface area contributed by atoms with Crippen molar-refractivity contribution in [3.63, 3.8) is 0 Å². The second kappa shape index (κ2) is 4.02. The van der Waals surface area contributed by atoms with Crippen molar-refractivity contribution < 1.29 is 0 Å². The van der Waals surface area contributed by atoms with E-state index in [1.165, 1.54) is 12.8 Å². The van der Waals surface area contributed by atoms with Crippen molar-refractivity contribution in [1.82, 2.24) is 24.8 Å². The summed E-state index contributed by atoms with van der Waals surface area (Å²) < 4.78 is 1.84. The van der Waals surface area contributed by atoms with Crippen molar-refractivity contribution in [3.05, 3.63) is 36.8 Å². The standard InChI is InChI=1S/C11H13N5/c1-2-9(1)13-5-10-6-15-11(7-14-10)16-4-3-12-8-16/h3-4,6-9,13H,1-2,5H2. The number of nitrogens with zero attached hydrogens (tertiary/aromatic N) is 4. The molecule has 82 valence electrons. The second-order valence-electron chi connectivity index (χ2n) is 3.99. The molecule has 0 atom stereocenters. The Hall–Kier alpha value is -1.75. The molecule has 0 spiro atoms. The zero-order chi connectivity index (χ0) is 10.8. The molecule has 1 saturated carbocycles. The van der Waals surface area contributed by atoms with Gasteiger partial charge >= 0.3 is 0 Å². The van der Waals surface area contributed by atoms with Gasteiger partial charge in [0, 0.05) is 25.0 Å². The highest BCUT2D eigenvalue weighted by Gasteiger charge is 2.20. The Labute approximate surface area is 93.6 Å². The molecule has 1 aliphatic carbocycles. The van der Waals surface area contributed by atoms with Crippen LogP contribution in [0.15, 0.2) is 31.1 Å². The van der Waals surface area contributed by atoms with Crippen LogP contribution in [0.2, 0.25) is 0 Å². The molecule has 5 heteroatoms. The van der Waals surface area contributed by atoms with Crippen LogP contribution in [0.4, 0.5) is 0 Å². The van der Waals surface area contributed by atoms with E-state index in [-0.39, 0.29) is 0 Å². The molecular formula is C11H13N5. The quantitative estimate of drug-likeness (QED) is 0.823. The molecular weight excluding hydrogens is 202 g/mol. The highest BCUT2D eigenvalue weighted by molar-refractivity contribution is 5.18. The lowest BCUT2D eigenvalue weighted by atomic mass is 10.4. The van der Waals surface area contributed by atoms with E-state index in [2.05, 4.69) is 20.3 Å². The van der Waals surface area contributed by atoms with Crippen LogP contribution >= 0.6 is 0 Å². The van der Waals surface area contributed by atoms with E-state index in [0.717, 1.165) is 18.1 Å². The Morgan fingerprint density at radius 2 is 2.25 bits per heavy atom. The first kappa shape index (κ1) is 9.47. The molecule has 0 aromatic carbocycles. The maximum Gasteiger partial charge on any atom is 0.156 e. The molecule has 1 aliphatic rings. The van der Waals surface area contributed by atoms with Crippen LogP contribution in [-0.2, 0) is 6.54 Å². The van der Waals surface area contributed by atoms with Gasteiger partial charge in [-0.25, -0.2) is 9.97 Å². The van der Waals surface area contributed by atoms with Crippen LogP contribution < -0.4 is 5.32 Å². The summed E-state index contributed by atoms with van der Waals surface area (Å²) in [6.45, 7) is 0.807. The van der Waals surface area contributed by atoms with Gasteiger partial charge in [-0.3, -0.25) is 9.55 Å². The zero-order valence-electron chi connectivity index (χ0n) is 8.87. The summed E-state index contributed by atoms with van der Waals surface area (Å²) >= 11 is 0. The number of hydrogen-bond donors (Lipinski definition) is 1. The third-order valence-corrected chi connectivity index (χ3v) is 2.61. The molecule has 2 heterocycles. The van der Waals surface area contributed by atoms with E-state index in [1.54, 1.807) is 18.7 Å². The Morgan fingerprint density at radius 1 is 1.31 bits per heavy atom. The van der Waals surface area contributed by atoms with Crippen LogP contribution in [0.5, 0.6) is 0 Å². The summed E-state index contributed by atoms with van der Waals surface area (Å²) in [7, 11) is 0. The van der Waals surface area contributed by atoms with Gasteiger partial charge in [-0.05, 0) is 12.8 Å². The lowest BCUT2D eigenvalue weighted by Gasteiger charge is -2.03. The molecule has 0 saturated heterocycles. The summed E-state index contributed by atoms with van der Waals surface area (Å²) in [6, 6.07) is 0.704. The van der Waals surface area contributed by atoms with E-state index < -0.39 is 0 Å². The van der Waals surface area contributed by atoms with Crippen molar-refractivity contribution in [2.75, 3.05) is 0 Å². The summed E-state index contributed by atoms with van der Waals surface area (Å²) in [4.78, 5) is 12.7. The minimum atomic E-state index is 0.704. The summed E-state index contributed by atoms with van der Waals surface area (Å²) in [5.41, 5.74) is 0.982. The van der Waals surface area contributed by atoms with Gasteiger partial charge in [0.25, 0.3) is 0 Å². The van der Waals surface area contributed by atoms with Gasteiger partial charge in [0.05, 0.1) is 18.1 Å². The molecule has 0 radical (unpaired) electrons. The molecule has 2 aromatic rings. The van der Waals surface area contributed by atoms with Crippen LogP contribution in [0.1, 0.15) is 18.5 Å². The van der Waals surface area contributed by atoms with Gasteiger partial charge in [0.1, 0.15) is 6.33 Å². The Kier molecular flexibility index (Phi) is 2.38. The minimum absolute atomic E-state index is 0.704. The fourth-order valence-electron chi connectivity index (χ4n) is 1.50. The first-order chi connectivity index (χ1) is 7.92. The van der Waals surface area contributed by atoms with Crippen LogP contribution in [0.3, 0.4) is 0 Å². The molecule has 0 amide bonds. The predicted octanol–water partition coefficient (Wildman–Crippen LogP) is 0.914. The fraction of sp³-hybridized carbons (Fsp3) is 0.364. The number of aromatic nitrogens is 4. The Bertz CT molecular complexity index is 444. The monoisotopic (exact) mass is 215 g/mol. The van der Waals surface area contributed by atoms with Gasteiger partial charge in [-0.2, -0.15) is 0 Å². The first-order valence-electron chi connectivity index (χ1n) is 5.44. The number of nitrogens with one attached hydrogen (secondary N) is 1. The third kappa shape index (κ3) is 2.09. The molecule has 0 bridgehead atoms. The van der Waals surface area contributed by atoms with Crippen LogP contribution in [0.25, 0.3) is 5.82 Å². The second-order valence-corrected chi connectivity index (χ2v) is 3.99. The summed E-state index contributed by atoms with van der Waals surface area (Å²) in [5, 5.41) is 3.41. The van der Waals surface area contributed by atoms with E-state index in [4.69, 9.17) is 0 Å². The maximum absolute atomic E-state index is 4.36. The lowest BCUT2D eigenvalue weighted by molar-refractivity contribution is 0.670. The van der Waals surface area contributed by atoms with Crippen LogP contribution in [0, 0.1) is 0 Å². The van der Waals surface area contributed by atoms with E-state index >= 15 is 0 Å². The van der Waals surface area contributed by atoms with Gasteiger partial charge in [0.15, 0.2) is 5.82 Å². The van der Waals surface area contributed by atoms with Gasteiger partial charge in [0.2, 0.25) is 0 Å². The molecule has 2 aromatic heterocycles. The predicted molar refractivity (Wildman–Crippen MR) is 59.0 cm³/mol. The average molecular weight is 215 g/mol. The van der Waals surface area contributed by atoms with E-state index in [0.29, 0.717) is 6.04 Å². The van der Waals surface area contributed by atoms with Gasteiger partial charge in [-0.1, -0.05) is 0 Å². The van der Waals surface area contributed by atoms with Crippen molar-refractivity contribution >= 4 is 0 Å². The highest BCUT2D eigenvalue weighted by Crippen LogP contribution is 2.18. The summed E-state index contributed by atoms with van der Waals surface area (Å²) in [6.07, 6.45) is 11.5. The molecule has 1 N–H and O–H groups in total. The number of imidazole rings is 1. The van der Waals surface area contributed by atoms with Gasteiger partial charge < -0.3 is 5.32 Å². The van der Waals surface area contributed by atoms with Crippen molar-refractivity contribution in [2.24, 2.45) is 0 Å². The zero-order valence-corrected chi connectivity index (χ0v) is 8.87.